The van der Waals surface area contributed by atoms with Gasteiger partial charge in [0.1, 0.15) is 16.9 Å². The van der Waals surface area contributed by atoms with Crippen LogP contribution >= 0.6 is 22.6 Å². The number of hydrogen-bond donors (Lipinski definition) is 1. The molecule has 0 aliphatic heterocycles. The number of rotatable bonds is 6. The number of nitrogens with zero attached hydrogens (tertiary/aromatic N) is 2. The van der Waals surface area contributed by atoms with Crippen LogP contribution in [0.25, 0.3) is 0 Å². The summed E-state index contributed by atoms with van der Waals surface area (Å²) in [6.45, 7) is 4.56. The first-order chi connectivity index (χ1) is 9.34. The van der Waals surface area contributed by atoms with E-state index in [0.717, 1.165) is 40.9 Å². The summed E-state index contributed by atoms with van der Waals surface area (Å²) in [6, 6.07) is 0. The zero-order chi connectivity index (χ0) is 14.9. The number of hydrogen-bond acceptors (Lipinski definition) is 5. The SMILES string of the molecule is CCCNc1nc(C(C)S(C)(=O)=O)nc(C2CC2)c1I. The van der Waals surface area contributed by atoms with Crippen molar-refractivity contribution in [3.05, 3.63) is 15.1 Å². The minimum Gasteiger partial charge on any atom is -0.369 e. The Labute approximate surface area is 134 Å². The van der Waals surface area contributed by atoms with E-state index in [1.165, 1.54) is 6.26 Å². The Morgan fingerprint density at radius 3 is 2.55 bits per heavy atom. The van der Waals surface area contributed by atoms with E-state index in [4.69, 9.17) is 0 Å². The third-order valence-corrected chi connectivity index (χ3v) is 5.97. The van der Waals surface area contributed by atoms with Crippen LogP contribution in [0, 0.1) is 3.57 Å². The molecule has 7 heteroatoms. The average molecular weight is 409 g/mol. The van der Waals surface area contributed by atoms with Crippen molar-refractivity contribution < 1.29 is 8.42 Å². The van der Waals surface area contributed by atoms with E-state index in [9.17, 15) is 8.42 Å². The molecule has 0 radical (unpaired) electrons. The fourth-order valence-corrected chi connectivity index (χ4v) is 3.20. The van der Waals surface area contributed by atoms with E-state index >= 15 is 0 Å². The zero-order valence-electron chi connectivity index (χ0n) is 12.0. The van der Waals surface area contributed by atoms with Gasteiger partial charge in [0, 0.05) is 18.7 Å². The van der Waals surface area contributed by atoms with Gasteiger partial charge in [-0.25, -0.2) is 18.4 Å². The first-order valence-electron chi connectivity index (χ1n) is 6.84. The highest BCUT2D eigenvalue weighted by Crippen LogP contribution is 2.42. The molecule has 0 spiro atoms. The molecular formula is C13H20IN3O2S. The Balaban J connectivity index is 2.44. The fraction of sp³-hybridized carbons (Fsp3) is 0.692. The molecule has 1 aliphatic carbocycles. The smallest absolute Gasteiger partial charge is 0.157 e. The molecule has 1 atom stereocenters. The van der Waals surface area contributed by atoms with Gasteiger partial charge in [-0.1, -0.05) is 6.92 Å². The van der Waals surface area contributed by atoms with Crippen LogP contribution < -0.4 is 5.32 Å². The lowest BCUT2D eigenvalue weighted by atomic mass is 10.2. The summed E-state index contributed by atoms with van der Waals surface area (Å²) in [5.74, 6) is 1.65. The molecule has 112 valence electrons. The van der Waals surface area contributed by atoms with E-state index in [2.05, 4.69) is 44.8 Å². The van der Waals surface area contributed by atoms with Crippen LogP contribution in [0.3, 0.4) is 0 Å². The molecule has 1 aliphatic rings. The van der Waals surface area contributed by atoms with Crippen molar-refractivity contribution in [1.82, 2.24) is 9.97 Å². The monoisotopic (exact) mass is 409 g/mol. The van der Waals surface area contributed by atoms with Gasteiger partial charge in [0.05, 0.1) is 9.26 Å². The van der Waals surface area contributed by atoms with Gasteiger partial charge in [-0.2, -0.15) is 0 Å². The van der Waals surface area contributed by atoms with Crippen molar-refractivity contribution in [2.45, 2.75) is 44.3 Å². The molecule has 1 N–H and O–H groups in total. The van der Waals surface area contributed by atoms with Crippen molar-refractivity contribution in [2.75, 3.05) is 18.1 Å². The first-order valence-corrected chi connectivity index (χ1v) is 9.88. The van der Waals surface area contributed by atoms with Gasteiger partial charge in [0.15, 0.2) is 9.84 Å². The molecule has 1 unspecified atom stereocenters. The molecule has 20 heavy (non-hydrogen) atoms. The van der Waals surface area contributed by atoms with Crippen LogP contribution in [0.4, 0.5) is 5.82 Å². The number of anilines is 1. The second-order valence-corrected chi connectivity index (χ2v) is 8.75. The molecule has 0 amide bonds. The third kappa shape index (κ3) is 3.60. The summed E-state index contributed by atoms with van der Waals surface area (Å²) in [4.78, 5) is 8.97. The average Bonchev–Trinajstić information content (AvgIpc) is 3.20. The van der Waals surface area contributed by atoms with Crippen molar-refractivity contribution in [3.63, 3.8) is 0 Å². The lowest BCUT2D eigenvalue weighted by Crippen LogP contribution is -2.16. The van der Waals surface area contributed by atoms with Gasteiger partial charge >= 0.3 is 0 Å². The summed E-state index contributed by atoms with van der Waals surface area (Å²) in [5.41, 5.74) is 1.00. The first kappa shape index (κ1) is 15.9. The maximum atomic E-state index is 11.7. The summed E-state index contributed by atoms with van der Waals surface area (Å²) in [7, 11) is -3.18. The number of nitrogens with one attached hydrogen (secondary N) is 1. The number of aromatic nitrogens is 2. The lowest BCUT2D eigenvalue weighted by Gasteiger charge is -2.15. The van der Waals surface area contributed by atoms with Gasteiger partial charge in [-0.3, -0.25) is 0 Å². The summed E-state index contributed by atoms with van der Waals surface area (Å²) < 4.78 is 24.5. The lowest BCUT2D eigenvalue weighted by molar-refractivity contribution is 0.588. The molecule has 0 saturated heterocycles. The van der Waals surface area contributed by atoms with E-state index in [1.807, 2.05) is 0 Å². The topological polar surface area (TPSA) is 72.0 Å². The van der Waals surface area contributed by atoms with Gasteiger partial charge in [0.25, 0.3) is 0 Å². The Bertz CT molecular complexity index is 600. The van der Waals surface area contributed by atoms with Crippen molar-refractivity contribution in [2.24, 2.45) is 0 Å². The molecule has 5 nitrogen and oxygen atoms in total. The van der Waals surface area contributed by atoms with E-state index in [-0.39, 0.29) is 0 Å². The Morgan fingerprint density at radius 1 is 1.40 bits per heavy atom. The van der Waals surface area contributed by atoms with Gasteiger partial charge in [0.2, 0.25) is 0 Å². The molecule has 2 rings (SSSR count). The van der Waals surface area contributed by atoms with Crippen molar-refractivity contribution >= 4 is 38.2 Å². The molecule has 1 heterocycles. The summed E-state index contributed by atoms with van der Waals surface area (Å²) in [5, 5.41) is 2.61. The number of sulfone groups is 1. The van der Waals surface area contributed by atoms with Crippen molar-refractivity contribution in [1.29, 1.82) is 0 Å². The molecule has 1 aromatic heterocycles. The quantitative estimate of drug-likeness (QED) is 0.732. The van der Waals surface area contributed by atoms with Crippen LogP contribution in [0.2, 0.25) is 0 Å². The number of halogens is 1. The van der Waals surface area contributed by atoms with Crippen LogP contribution in [0.1, 0.15) is 55.8 Å². The van der Waals surface area contributed by atoms with E-state index in [1.54, 1.807) is 6.92 Å². The highest BCUT2D eigenvalue weighted by atomic mass is 127. The zero-order valence-corrected chi connectivity index (χ0v) is 15.0. The van der Waals surface area contributed by atoms with Crippen LogP contribution in [-0.4, -0.2) is 31.2 Å². The molecule has 0 bridgehead atoms. The third-order valence-electron chi connectivity index (χ3n) is 3.41. The van der Waals surface area contributed by atoms with Crippen molar-refractivity contribution in [3.8, 4) is 0 Å². The summed E-state index contributed by atoms with van der Waals surface area (Å²) >= 11 is 2.26. The van der Waals surface area contributed by atoms with Gasteiger partial charge in [-0.05, 0) is 48.8 Å². The fourth-order valence-electron chi connectivity index (χ4n) is 1.84. The largest absolute Gasteiger partial charge is 0.369 e. The summed E-state index contributed by atoms with van der Waals surface area (Å²) in [6.07, 6.45) is 4.49. The maximum absolute atomic E-state index is 11.7. The van der Waals surface area contributed by atoms with Crippen LogP contribution in [0.5, 0.6) is 0 Å². The molecule has 1 saturated carbocycles. The molecular weight excluding hydrogens is 389 g/mol. The standard InChI is InChI=1S/C13H20IN3O2S/c1-4-7-15-13-10(14)11(9-5-6-9)16-12(17-13)8(2)20(3,18)19/h8-9H,4-7H2,1-3H3,(H,15,16,17). The van der Waals surface area contributed by atoms with Gasteiger partial charge in [-0.15, -0.1) is 0 Å². The maximum Gasteiger partial charge on any atom is 0.157 e. The predicted octanol–water partition coefficient (Wildman–Crippen LogP) is 2.89. The second kappa shape index (κ2) is 6.13. The normalized spacial score (nSPS) is 17.0. The molecule has 0 aromatic carbocycles. The van der Waals surface area contributed by atoms with E-state index in [0.29, 0.717) is 11.7 Å². The highest BCUT2D eigenvalue weighted by molar-refractivity contribution is 14.1. The molecule has 1 aromatic rings. The predicted molar refractivity (Wildman–Crippen MR) is 88.8 cm³/mol. The van der Waals surface area contributed by atoms with Crippen LogP contribution in [-0.2, 0) is 9.84 Å². The van der Waals surface area contributed by atoms with Crippen LogP contribution in [0.15, 0.2) is 0 Å². The van der Waals surface area contributed by atoms with E-state index < -0.39 is 15.1 Å². The Hall–Kier alpha value is -0.440. The van der Waals surface area contributed by atoms with Gasteiger partial charge < -0.3 is 5.32 Å². The Kier molecular flexibility index (Phi) is 4.88. The minimum absolute atomic E-state index is 0.411. The highest BCUT2D eigenvalue weighted by Gasteiger charge is 2.31. The molecule has 1 fully saturated rings. The second-order valence-electron chi connectivity index (χ2n) is 5.30. The Morgan fingerprint density at radius 2 is 2.05 bits per heavy atom. The minimum atomic E-state index is -3.18.